The first-order valence-corrected chi connectivity index (χ1v) is 7.39. The minimum absolute atomic E-state index is 0.0564. The quantitative estimate of drug-likeness (QED) is 0.847. The summed E-state index contributed by atoms with van der Waals surface area (Å²) in [5, 5.41) is 13.2. The van der Waals surface area contributed by atoms with Crippen molar-refractivity contribution in [2.24, 2.45) is 0 Å². The highest BCUT2D eigenvalue weighted by Gasteiger charge is 2.12. The van der Waals surface area contributed by atoms with Crippen molar-refractivity contribution < 1.29 is 9.32 Å². The fourth-order valence-electron chi connectivity index (χ4n) is 1.59. The molecular weight excluding hydrogens is 234 g/mol. The number of hydrogen-bond donors (Lipinski definition) is 2. The molecular formula is C13H21NO2S. The lowest BCUT2D eigenvalue weighted by Gasteiger charge is -2.18. The van der Waals surface area contributed by atoms with E-state index >= 15 is 0 Å². The van der Waals surface area contributed by atoms with Gasteiger partial charge >= 0.3 is 0 Å². The number of hydrogen-bond acceptors (Lipinski definition) is 3. The van der Waals surface area contributed by atoms with Crippen LogP contribution in [0.25, 0.3) is 0 Å². The molecule has 4 heteroatoms. The Morgan fingerprint density at radius 2 is 2.06 bits per heavy atom. The second-order valence-corrected chi connectivity index (χ2v) is 6.30. The van der Waals surface area contributed by atoms with Crippen molar-refractivity contribution in [1.82, 2.24) is 5.32 Å². The molecule has 0 amide bonds. The van der Waals surface area contributed by atoms with Crippen molar-refractivity contribution in [2.45, 2.75) is 32.1 Å². The Hall–Kier alpha value is -0.870. The predicted molar refractivity (Wildman–Crippen MR) is 72.8 cm³/mol. The fraction of sp³-hybridized carbons (Fsp3) is 0.538. The fourth-order valence-corrected chi connectivity index (χ4v) is 1.92. The molecule has 0 saturated heterocycles. The Balaban J connectivity index is 2.66. The number of benzene rings is 1. The topological polar surface area (TPSA) is 49.3 Å². The number of phenols is 1. The minimum Gasteiger partial charge on any atom is -0.508 e. The molecule has 0 fully saturated rings. The molecule has 96 valence electrons. The molecule has 1 rings (SSSR count). The van der Waals surface area contributed by atoms with Crippen LogP contribution >= 0.6 is 0 Å². The van der Waals surface area contributed by atoms with Gasteiger partial charge in [-0.1, -0.05) is 17.7 Å². The Kier molecular flexibility index (Phi) is 5.15. The van der Waals surface area contributed by atoms with E-state index in [-0.39, 0.29) is 11.3 Å². The molecule has 0 aliphatic heterocycles. The second kappa shape index (κ2) is 6.17. The molecule has 17 heavy (non-hydrogen) atoms. The van der Waals surface area contributed by atoms with Crippen LogP contribution in [0, 0.1) is 6.92 Å². The average molecular weight is 255 g/mol. The van der Waals surface area contributed by atoms with Gasteiger partial charge in [-0.15, -0.1) is 0 Å². The van der Waals surface area contributed by atoms with Gasteiger partial charge in [-0.3, -0.25) is 4.21 Å². The van der Waals surface area contributed by atoms with Gasteiger partial charge in [-0.25, -0.2) is 0 Å². The van der Waals surface area contributed by atoms with Crippen molar-refractivity contribution >= 4 is 10.8 Å². The highest BCUT2D eigenvalue weighted by Crippen LogP contribution is 2.24. The van der Waals surface area contributed by atoms with Crippen molar-refractivity contribution in [3.63, 3.8) is 0 Å². The van der Waals surface area contributed by atoms with E-state index in [9.17, 15) is 9.32 Å². The molecule has 0 bridgehead atoms. The maximum atomic E-state index is 11.2. The standard InChI is InChI=1S/C13H21NO2S/c1-9-5-6-13(15)12(7-9)11(3)14-8-10(2)17(4)16/h5-7,10-11,14-15H,8H2,1-4H3. The molecule has 0 saturated carbocycles. The lowest BCUT2D eigenvalue weighted by atomic mass is 10.0. The normalized spacial score (nSPS) is 16.5. The monoisotopic (exact) mass is 255 g/mol. The highest BCUT2D eigenvalue weighted by molar-refractivity contribution is 7.84. The van der Waals surface area contributed by atoms with Gasteiger partial charge in [0.15, 0.2) is 0 Å². The lowest BCUT2D eigenvalue weighted by Crippen LogP contribution is -2.29. The molecule has 0 aromatic heterocycles. The molecule has 1 aromatic rings. The molecule has 3 nitrogen and oxygen atoms in total. The Morgan fingerprint density at radius 3 is 2.65 bits per heavy atom. The minimum atomic E-state index is -0.818. The van der Waals surface area contributed by atoms with Crippen LogP contribution in [0.2, 0.25) is 0 Å². The van der Waals surface area contributed by atoms with Gasteiger partial charge in [0.1, 0.15) is 5.75 Å². The van der Waals surface area contributed by atoms with Gasteiger partial charge in [0.05, 0.1) is 0 Å². The van der Waals surface area contributed by atoms with E-state index in [0.29, 0.717) is 12.3 Å². The van der Waals surface area contributed by atoms with Gasteiger partial charge in [0.25, 0.3) is 0 Å². The molecule has 0 radical (unpaired) electrons. The zero-order chi connectivity index (χ0) is 13.0. The van der Waals surface area contributed by atoms with Crippen molar-refractivity contribution in [3.8, 4) is 5.75 Å². The Morgan fingerprint density at radius 1 is 1.41 bits per heavy atom. The molecule has 0 aliphatic carbocycles. The summed E-state index contributed by atoms with van der Waals surface area (Å²) in [4.78, 5) is 0. The summed E-state index contributed by atoms with van der Waals surface area (Å²) in [7, 11) is -0.818. The molecule has 0 spiro atoms. The molecule has 0 heterocycles. The maximum absolute atomic E-state index is 11.2. The number of aryl methyl sites for hydroxylation is 1. The summed E-state index contributed by atoms with van der Waals surface area (Å²) in [6.07, 6.45) is 1.71. The average Bonchev–Trinajstić information content (AvgIpc) is 2.28. The van der Waals surface area contributed by atoms with E-state index in [0.717, 1.165) is 11.1 Å². The maximum Gasteiger partial charge on any atom is 0.120 e. The van der Waals surface area contributed by atoms with Crippen LogP contribution in [0.5, 0.6) is 5.75 Å². The predicted octanol–water partition coefficient (Wildman–Crippen LogP) is 2.12. The van der Waals surface area contributed by atoms with Gasteiger partial charge in [0.2, 0.25) is 0 Å². The van der Waals surface area contributed by atoms with Crippen molar-refractivity contribution in [2.75, 3.05) is 12.8 Å². The summed E-state index contributed by atoms with van der Waals surface area (Å²) in [6, 6.07) is 5.63. The first-order chi connectivity index (χ1) is 7.91. The van der Waals surface area contributed by atoms with Crippen LogP contribution in [0.4, 0.5) is 0 Å². The van der Waals surface area contributed by atoms with Gasteiger partial charge in [-0.05, 0) is 26.8 Å². The Bertz CT molecular complexity index is 406. The smallest absolute Gasteiger partial charge is 0.120 e. The van der Waals surface area contributed by atoms with Crippen LogP contribution in [0.3, 0.4) is 0 Å². The molecule has 1 aromatic carbocycles. The third-order valence-corrected chi connectivity index (χ3v) is 4.23. The number of phenolic OH excluding ortho intramolecular Hbond substituents is 1. The molecule has 3 unspecified atom stereocenters. The van der Waals surface area contributed by atoms with Crippen LogP contribution in [0.1, 0.15) is 31.0 Å². The third-order valence-electron chi connectivity index (χ3n) is 2.93. The lowest BCUT2D eigenvalue weighted by molar-refractivity contribution is 0.452. The van der Waals surface area contributed by atoms with E-state index in [1.807, 2.05) is 32.9 Å². The number of aromatic hydroxyl groups is 1. The second-order valence-electron chi connectivity index (χ2n) is 4.50. The van der Waals surface area contributed by atoms with Gasteiger partial charge in [-0.2, -0.15) is 0 Å². The van der Waals surface area contributed by atoms with E-state index < -0.39 is 10.8 Å². The number of rotatable bonds is 5. The zero-order valence-corrected chi connectivity index (χ0v) is 11.7. The summed E-state index contributed by atoms with van der Waals surface area (Å²) in [6.45, 7) is 6.63. The first kappa shape index (κ1) is 14.2. The van der Waals surface area contributed by atoms with Crippen LogP contribution in [-0.2, 0) is 10.8 Å². The highest BCUT2D eigenvalue weighted by atomic mass is 32.2. The van der Waals surface area contributed by atoms with E-state index in [1.165, 1.54) is 0 Å². The van der Waals surface area contributed by atoms with Crippen LogP contribution in [-0.4, -0.2) is 27.4 Å². The summed E-state index contributed by atoms with van der Waals surface area (Å²) in [5.74, 6) is 0.306. The summed E-state index contributed by atoms with van der Waals surface area (Å²) < 4.78 is 11.2. The van der Waals surface area contributed by atoms with Crippen molar-refractivity contribution in [3.05, 3.63) is 29.3 Å². The number of nitrogens with one attached hydrogen (secondary N) is 1. The van der Waals surface area contributed by atoms with Crippen LogP contribution < -0.4 is 5.32 Å². The van der Waals surface area contributed by atoms with Gasteiger partial charge < -0.3 is 10.4 Å². The largest absolute Gasteiger partial charge is 0.508 e. The molecule has 2 N–H and O–H groups in total. The molecule has 0 aliphatic rings. The summed E-state index contributed by atoms with van der Waals surface area (Å²) >= 11 is 0. The van der Waals surface area contributed by atoms with Crippen molar-refractivity contribution in [1.29, 1.82) is 0 Å². The third kappa shape index (κ3) is 4.13. The van der Waals surface area contributed by atoms with Crippen LogP contribution in [0.15, 0.2) is 18.2 Å². The van der Waals surface area contributed by atoms with E-state index in [4.69, 9.17) is 0 Å². The molecule has 3 atom stereocenters. The SMILES string of the molecule is Cc1ccc(O)c(C(C)NCC(C)S(C)=O)c1. The van der Waals surface area contributed by atoms with E-state index in [2.05, 4.69) is 5.32 Å². The zero-order valence-electron chi connectivity index (χ0n) is 10.9. The first-order valence-electron chi connectivity index (χ1n) is 5.77. The summed E-state index contributed by atoms with van der Waals surface area (Å²) in [5.41, 5.74) is 2.01. The van der Waals surface area contributed by atoms with E-state index in [1.54, 1.807) is 12.3 Å². The Labute approximate surface area is 106 Å². The van der Waals surface area contributed by atoms with Gasteiger partial charge in [0, 0.05) is 40.5 Å².